The van der Waals surface area contributed by atoms with Gasteiger partial charge in [0.1, 0.15) is 0 Å². The summed E-state index contributed by atoms with van der Waals surface area (Å²) in [5.74, 6) is 0.415. The van der Waals surface area contributed by atoms with Crippen molar-refractivity contribution < 1.29 is 9.90 Å². The van der Waals surface area contributed by atoms with E-state index < -0.39 is 0 Å². The Bertz CT molecular complexity index is 499. The maximum absolute atomic E-state index is 11.9. The number of aliphatic hydroxyl groups is 1. The van der Waals surface area contributed by atoms with Crippen molar-refractivity contribution in [3.8, 4) is 6.07 Å². The first-order valence-electron chi connectivity index (χ1n) is 7.34. The fraction of sp³-hybridized carbons (Fsp3) is 0.500. The molecule has 1 fully saturated rings. The zero-order valence-corrected chi connectivity index (χ0v) is 12.1. The minimum Gasteiger partial charge on any atom is -0.396 e. The highest BCUT2D eigenvalue weighted by Gasteiger charge is 2.18. The summed E-state index contributed by atoms with van der Waals surface area (Å²) in [6.07, 6.45) is 2.48. The van der Waals surface area contributed by atoms with Crippen LogP contribution < -0.4 is 5.32 Å². The molecular formula is C16H21N3O2. The molecule has 1 aromatic carbocycles. The molecule has 0 aliphatic carbocycles. The molecule has 1 aliphatic rings. The molecule has 0 aromatic heterocycles. The number of amides is 1. The van der Waals surface area contributed by atoms with Crippen molar-refractivity contribution in [1.82, 2.24) is 4.90 Å². The van der Waals surface area contributed by atoms with Gasteiger partial charge in [-0.15, -0.1) is 0 Å². The molecule has 0 bridgehead atoms. The highest BCUT2D eigenvalue weighted by molar-refractivity contribution is 5.90. The number of nitrogens with zero attached hydrogens (tertiary/aromatic N) is 2. The van der Waals surface area contributed by atoms with Crippen LogP contribution in [0.5, 0.6) is 0 Å². The minimum atomic E-state index is -0.0102. The number of hydrogen-bond acceptors (Lipinski definition) is 4. The van der Waals surface area contributed by atoms with Gasteiger partial charge in [0.2, 0.25) is 5.91 Å². The third-order valence-corrected chi connectivity index (χ3v) is 3.92. The average molecular weight is 287 g/mol. The van der Waals surface area contributed by atoms with Crippen LogP contribution in [-0.2, 0) is 4.79 Å². The number of aliphatic hydroxyl groups excluding tert-OH is 1. The van der Waals surface area contributed by atoms with Crippen molar-refractivity contribution in [2.75, 3.05) is 31.6 Å². The lowest BCUT2D eigenvalue weighted by Crippen LogP contribution is -2.36. The van der Waals surface area contributed by atoms with Crippen molar-refractivity contribution in [3.05, 3.63) is 29.8 Å². The Hall–Kier alpha value is -1.90. The Morgan fingerprint density at radius 1 is 1.33 bits per heavy atom. The van der Waals surface area contributed by atoms with Crippen LogP contribution in [0.1, 0.15) is 24.8 Å². The quantitative estimate of drug-likeness (QED) is 0.862. The van der Waals surface area contributed by atoms with E-state index in [1.165, 1.54) is 0 Å². The number of anilines is 1. The van der Waals surface area contributed by atoms with E-state index in [4.69, 9.17) is 10.4 Å². The molecule has 1 amide bonds. The summed E-state index contributed by atoms with van der Waals surface area (Å²) < 4.78 is 0. The number of carbonyl (C=O) groups is 1. The molecule has 0 unspecified atom stereocenters. The summed E-state index contributed by atoms with van der Waals surface area (Å²) in [4.78, 5) is 14.2. The van der Waals surface area contributed by atoms with E-state index in [9.17, 15) is 4.79 Å². The maximum atomic E-state index is 11.9. The van der Waals surface area contributed by atoms with Crippen molar-refractivity contribution in [2.24, 2.45) is 5.92 Å². The molecule has 1 heterocycles. The van der Waals surface area contributed by atoms with Gasteiger partial charge >= 0.3 is 0 Å². The summed E-state index contributed by atoms with van der Waals surface area (Å²) in [7, 11) is 0. The molecule has 5 heteroatoms. The number of hydrogen-bond donors (Lipinski definition) is 2. The van der Waals surface area contributed by atoms with E-state index in [1.807, 2.05) is 6.07 Å². The zero-order chi connectivity index (χ0) is 15.1. The number of likely N-dealkylation sites (tertiary alicyclic amines) is 1. The lowest BCUT2D eigenvalue weighted by Gasteiger charge is -2.30. The van der Waals surface area contributed by atoms with E-state index >= 15 is 0 Å². The Morgan fingerprint density at radius 3 is 2.57 bits per heavy atom. The van der Waals surface area contributed by atoms with E-state index in [2.05, 4.69) is 10.2 Å². The van der Waals surface area contributed by atoms with Gasteiger partial charge in [-0.05, 0) is 56.1 Å². The summed E-state index contributed by atoms with van der Waals surface area (Å²) in [6, 6.07) is 8.90. The largest absolute Gasteiger partial charge is 0.396 e. The van der Waals surface area contributed by atoms with Crippen LogP contribution >= 0.6 is 0 Å². The van der Waals surface area contributed by atoms with E-state index in [-0.39, 0.29) is 12.5 Å². The molecule has 0 saturated carbocycles. The summed E-state index contributed by atoms with van der Waals surface area (Å²) >= 11 is 0. The van der Waals surface area contributed by atoms with Crippen LogP contribution in [0.4, 0.5) is 5.69 Å². The molecule has 1 saturated heterocycles. The zero-order valence-electron chi connectivity index (χ0n) is 12.1. The first-order valence-corrected chi connectivity index (χ1v) is 7.34. The van der Waals surface area contributed by atoms with Crippen LogP contribution in [0, 0.1) is 17.2 Å². The first-order chi connectivity index (χ1) is 10.2. The number of nitrogens with one attached hydrogen (secondary N) is 1. The second-order valence-corrected chi connectivity index (χ2v) is 5.45. The molecule has 0 radical (unpaired) electrons. The van der Waals surface area contributed by atoms with Gasteiger partial charge in [-0.2, -0.15) is 5.26 Å². The highest BCUT2D eigenvalue weighted by Crippen LogP contribution is 2.16. The van der Waals surface area contributed by atoms with Gasteiger partial charge in [-0.25, -0.2) is 0 Å². The van der Waals surface area contributed by atoms with Crippen LogP contribution in [-0.4, -0.2) is 42.2 Å². The molecule has 2 rings (SSSR count). The lowest BCUT2D eigenvalue weighted by molar-refractivity contribution is -0.116. The standard InChI is InChI=1S/C16H21N3O2/c17-11-13-1-3-15(4-2-13)18-16(21)7-10-19-8-5-14(12-20)6-9-19/h1-4,14,20H,5-10,12H2,(H,18,21). The third kappa shape index (κ3) is 4.85. The lowest BCUT2D eigenvalue weighted by atomic mass is 9.98. The van der Waals surface area contributed by atoms with E-state index in [0.29, 0.717) is 17.9 Å². The van der Waals surface area contributed by atoms with Crippen molar-refractivity contribution in [3.63, 3.8) is 0 Å². The van der Waals surface area contributed by atoms with Gasteiger partial charge in [0, 0.05) is 25.3 Å². The maximum Gasteiger partial charge on any atom is 0.225 e. The van der Waals surface area contributed by atoms with Crippen LogP contribution in [0.2, 0.25) is 0 Å². The normalized spacial score (nSPS) is 16.4. The Morgan fingerprint density at radius 2 is 2.00 bits per heavy atom. The topological polar surface area (TPSA) is 76.4 Å². The SMILES string of the molecule is N#Cc1ccc(NC(=O)CCN2CCC(CO)CC2)cc1. The number of piperidine rings is 1. The number of carbonyl (C=O) groups excluding carboxylic acids is 1. The first kappa shape index (κ1) is 15.5. The number of rotatable bonds is 5. The summed E-state index contributed by atoms with van der Waals surface area (Å²) in [5.41, 5.74) is 1.30. The highest BCUT2D eigenvalue weighted by atomic mass is 16.3. The fourth-order valence-electron chi connectivity index (χ4n) is 2.50. The van der Waals surface area contributed by atoms with Gasteiger partial charge < -0.3 is 15.3 Å². The molecule has 21 heavy (non-hydrogen) atoms. The monoisotopic (exact) mass is 287 g/mol. The molecular weight excluding hydrogens is 266 g/mol. The van der Waals surface area contributed by atoms with Gasteiger partial charge in [-0.1, -0.05) is 0 Å². The predicted molar refractivity (Wildman–Crippen MR) is 80.7 cm³/mol. The Balaban J connectivity index is 1.71. The third-order valence-electron chi connectivity index (χ3n) is 3.92. The van der Waals surface area contributed by atoms with Crippen molar-refractivity contribution >= 4 is 11.6 Å². The molecule has 1 aromatic rings. The van der Waals surface area contributed by atoms with Crippen LogP contribution in [0.15, 0.2) is 24.3 Å². The predicted octanol–water partition coefficient (Wildman–Crippen LogP) is 1.59. The van der Waals surface area contributed by atoms with Crippen molar-refractivity contribution in [2.45, 2.75) is 19.3 Å². The molecule has 1 aliphatic heterocycles. The summed E-state index contributed by atoms with van der Waals surface area (Å²) in [5, 5.41) is 20.6. The smallest absolute Gasteiger partial charge is 0.225 e. The van der Waals surface area contributed by atoms with Gasteiger partial charge in [0.25, 0.3) is 0 Å². The van der Waals surface area contributed by atoms with Crippen molar-refractivity contribution in [1.29, 1.82) is 5.26 Å². The van der Waals surface area contributed by atoms with Crippen LogP contribution in [0.25, 0.3) is 0 Å². The van der Waals surface area contributed by atoms with E-state index in [0.717, 1.165) is 38.2 Å². The number of nitriles is 1. The Labute approximate surface area is 125 Å². The molecule has 112 valence electrons. The second kappa shape index (κ2) is 7.77. The molecule has 5 nitrogen and oxygen atoms in total. The summed E-state index contributed by atoms with van der Waals surface area (Å²) in [6.45, 7) is 2.93. The Kier molecular flexibility index (Phi) is 5.73. The average Bonchev–Trinajstić information content (AvgIpc) is 2.54. The van der Waals surface area contributed by atoms with Crippen LogP contribution in [0.3, 0.4) is 0 Å². The van der Waals surface area contributed by atoms with Gasteiger partial charge in [-0.3, -0.25) is 4.79 Å². The van der Waals surface area contributed by atoms with Gasteiger partial charge in [0.05, 0.1) is 11.6 Å². The molecule has 0 atom stereocenters. The molecule has 0 spiro atoms. The number of benzene rings is 1. The molecule has 2 N–H and O–H groups in total. The van der Waals surface area contributed by atoms with E-state index in [1.54, 1.807) is 24.3 Å². The van der Waals surface area contributed by atoms with Gasteiger partial charge in [0.15, 0.2) is 0 Å². The fourth-order valence-corrected chi connectivity index (χ4v) is 2.50. The second-order valence-electron chi connectivity index (χ2n) is 5.45. The minimum absolute atomic E-state index is 0.0102.